The molecule has 0 fully saturated rings. The van der Waals surface area contributed by atoms with Crippen molar-refractivity contribution in [3.05, 3.63) is 0 Å². The van der Waals surface area contributed by atoms with Crippen molar-refractivity contribution in [2.75, 3.05) is 19.7 Å². The lowest BCUT2D eigenvalue weighted by atomic mass is 10.2. The predicted octanol–water partition coefficient (Wildman–Crippen LogP) is 1.37. The highest BCUT2D eigenvalue weighted by atomic mass is 16.3. The van der Waals surface area contributed by atoms with Crippen LogP contribution in [0.15, 0.2) is 0 Å². The first kappa shape index (κ1) is 15.1. The van der Waals surface area contributed by atoms with Crippen molar-refractivity contribution in [1.29, 1.82) is 0 Å². The van der Waals surface area contributed by atoms with Gasteiger partial charge in [-0.1, -0.05) is 26.2 Å². The molecule has 1 amide bonds. The average Bonchev–Trinajstić information content (AvgIpc) is 2.21. The molecule has 0 aromatic carbocycles. The number of hydrogen-bond donors (Lipinski definition) is 1. The maximum absolute atomic E-state index is 11.6. The SMILES string of the molecule is CCCCCCN(CCO)C(=O)CC(C)=O. The van der Waals surface area contributed by atoms with Gasteiger partial charge in [0.2, 0.25) is 5.91 Å². The Kier molecular flexibility index (Phi) is 8.81. The third kappa shape index (κ3) is 7.40. The zero-order chi connectivity index (χ0) is 12.4. The molecule has 0 spiro atoms. The molecule has 0 saturated heterocycles. The molecule has 0 rings (SSSR count). The quantitative estimate of drug-likeness (QED) is 0.480. The maximum atomic E-state index is 11.6. The van der Waals surface area contributed by atoms with E-state index in [2.05, 4.69) is 6.92 Å². The summed E-state index contributed by atoms with van der Waals surface area (Å²) < 4.78 is 0. The minimum atomic E-state index is -0.168. The first-order valence-corrected chi connectivity index (χ1v) is 5.99. The third-order valence-corrected chi connectivity index (χ3v) is 2.40. The summed E-state index contributed by atoms with van der Waals surface area (Å²) in [6.45, 7) is 4.47. The minimum absolute atomic E-state index is 0.0442. The van der Waals surface area contributed by atoms with Gasteiger partial charge in [0.1, 0.15) is 5.78 Å². The van der Waals surface area contributed by atoms with Gasteiger partial charge >= 0.3 is 0 Å². The van der Waals surface area contributed by atoms with Gasteiger partial charge in [-0.2, -0.15) is 0 Å². The number of unbranched alkanes of at least 4 members (excludes halogenated alkanes) is 3. The Morgan fingerprint density at radius 1 is 1.12 bits per heavy atom. The summed E-state index contributed by atoms with van der Waals surface area (Å²) in [7, 11) is 0. The lowest BCUT2D eigenvalue weighted by Gasteiger charge is -2.21. The van der Waals surface area contributed by atoms with Crippen LogP contribution in [0.1, 0.15) is 46.0 Å². The van der Waals surface area contributed by atoms with Crippen molar-refractivity contribution in [2.45, 2.75) is 46.0 Å². The van der Waals surface area contributed by atoms with Crippen LogP contribution in [-0.2, 0) is 9.59 Å². The number of Topliss-reactive ketones (excluding diaryl/α,β-unsaturated/α-hetero) is 1. The summed E-state index contributed by atoms with van der Waals surface area (Å²) >= 11 is 0. The fraction of sp³-hybridized carbons (Fsp3) is 0.833. The van der Waals surface area contributed by atoms with Gasteiger partial charge in [0.05, 0.1) is 13.0 Å². The molecule has 4 heteroatoms. The molecule has 0 aliphatic heterocycles. The Morgan fingerprint density at radius 3 is 2.31 bits per heavy atom. The van der Waals surface area contributed by atoms with Crippen LogP contribution in [0, 0.1) is 0 Å². The number of rotatable bonds is 9. The average molecular weight is 229 g/mol. The zero-order valence-electron chi connectivity index (χ0n) is 10.4. The van der Waals surface area contributed by atoms with E-state index in [-0.39, 0.29) is 24.7 Å². The molecule has 0 atom stereocenters. The Morgan fingerprint density at radius 2 is 1.81 bits per heavy atom. The fourth-order valence-corrected chi connectivity index (χ4v) is 1.54. The molecular weight excluding hydrogens is 206 g/mol. The van der Waals surface area contributed by atoms with Crippen molar-refractivity contribution >= 4 is 11.7 Å². The largest absolute Gasteiger partial charge is 0.395 e. The Labute approximate surface area is 97.6 Å². The molecule has 0 radical (unpaired) electrons. The first-order valence-electron chi connectivity index (χ1n) is 5.99. The van der Waals surface area contributed by atoms with Gasteiger partial charge < -0.3 is 10.0 Å². The number of amides is 1. The predicted molar refractivity (Wildman–Crippen MR) is 63.1 cm³/mol. The molecule has 0 aromatic rings. The summed E-state index contributed by atoms with van der Waals surface area (Å²) in [4.78, 5) is 24.0. The van der Waals surface area contributed by atoms with Crippen molar-refractivity contribution in [2.24, 2.45) is 0 Å². The topological polar surface area (TPSA) is 57.6 Å². The number of carbonyl (C=O) groups excluding carboxylic acids is 2. The normalized spacial score (nSPS) is 10.2. The fourth-order valence-electron chi connectivity index (χ4n) is 1.54. The number of aliphatic hydroxyl groups is 1. The molecule has 16 heavy (non-hydrogen) atoms. The highest BCUT2D eigenvalue weighted by molar-refractivity contribution is 5.96. The van der Waals surface area contributed by atoms with Crippen LogP contribution in [0.3, 0.4) is 0 Å². The van der Waals surface area contributed by atoms with E-state index in [1.54, 1.807) is 4.90 Å². The Bertz CT molecular complexity index is 216. The minimum Gasteiger partial charge on any atom is -0.395 e. The number of hydrogen-bond acceptors (Lipinski definition) is 3. The molecule has 1 N–H and O–H groups in total. The van der Waals surface area contributed by atoms with E-state index in [0.717, 1.165) is 25.7 Å². The van der Waals surface area contributed by atoms with Crippen LogP contribution >= 0.6 is 0 Å². The highest BCUT2D eigenvalue weighted by Crippen LogP contribution is 2.03. The summed E-state index contributed by atoms with van der Waals surface area (Å²) in [6, 6.07) is 0. The van der Waals surface area contributed by atoms with E-state index >= 15 is 0 Å². The molecule has 0 aromatic heterocycles. The maximum Gasteiger partial charge on any atom is 0.230 e. The standard InChI is InChI=1S/C12H23NO3/c1-3-4-5-6-7-13(8-9-14)12(16)10-11(2)15/h14H,3-10H2,1-2H3. The second-order valence-corrected chi connectivity index (χ2v) is 4.04. The van der Waals surface area contributed by atoms with E-state index in [0.29, 0.717) is 13.1 Å². The van der Waals surface area contributed by atoms with Crippen LogP contribution in [0.25, 0.3) is 0 Å². The molecule has 0 unspecified atom stereocenters. The molecule has 4 nitrogen and oxygen atoms in total. The van der Waals surface area contributed by atoms with Gasteiger partial charge in [0.25, 0.3) is 0 Å². The van der Waals surface area contributed by atoms with Gasteiger partial charge in [-0.05, 0) is 13.3 Å². The summed E-state index contributed by atoms with van der Waals surface area (Å²) in [5.41, 5.74) is 0. The third-order valence-electron chi connectivity index (χ3n) is 2.40. The zero-order valence-corrected chi connectivity index (χ0v) is 10.4. The van der Waals surface area contributed by atoms with E-state index in [1.807, 2.05) is 0 Å². The first-order chi connectivity index (χ1) is 7.61. The van der Waals surface area contributed by atoms with E-state index in [4.69, 9.17) is 5.11 Å². The van der Waals surface area contributed by atoms with Crippen molar-refractivity contribution < 1.29 is 14.7 Å². The van der Waals surface area contributed by atoms with Crippen LogP contribution in [0.2, 0.25) is 0 Å². The smallest absolute Gasteiger partial charge is 0.230 e. The van der Waals surface area contributed by atoms with Gasteiger partial charge in [-0.25, -0.2) is 0 Å². The van der Waals surface area contributed by atoms with Crippen molar-refractivity contribution in [3.63, 3.8) is 0 Å². The van der Waals surface area contributed by atoms with Gasteiger partial charge in [-0.15, -0.1) is 0 Å². The van der Waals surface area contributed by atoms with Crippen LogP contribution in [0.5, 0.6) is 0 Å². The summed E-state index contributed by atoms with van der Waals surface area (Å²) in [5.74, 6) is -0.292. The van der Waals surface area contributed by atoms with Gasteiger partial charge in [-0.3, -0.25) is 9.59 Å². The number of carbonyl (C=O) groups is 2. The lowest BCUT2D eigenvalue weighted by Crippen LogP contribution is -2.35. The molecule has 0 bridgehead atoms. The highest BCUT2D eigenvalue weighted by Gasteiger charge is 2.13. The van der Waals surface area contributed by atoms with E-state index in [1.165, 1.54) is 6.92 Å². The molecule has 0 aliphatic carbocycles. The summed E-state index contributed by atoms with van der Waals surface area (Å²) in [6.07, 6.45) is 4.30. The lowest BCUT2D eigenvalue weighted by molar-refractivity contribution is -0.135. The van der Waals surface area contributed by atoms with E-state index < -0.39 is 0 Å². The summed E-state index contributed by atoms with van der Waals surface area (Å²) in [5, 5.41) is 8.84. The van der Waals surface area contributed by atoms with Gasteiger partial charge in [0.15, 0.2) is 0 Å². The van der Waals surface area contributed by atoms with Crippen molar-refractivity contribution in [1.82, 2.24) is 4.90 Å². The molecular formula is C12H23NO3. The number of aliphatic hydroxyl groups excluding tert-OH is 1. The molecule has 0 saturated carbocycles. The van der Waals surface area contributed by atoms with Crippen molar-refractivity contribution in [3.8, 4) is 0 Å². The van der Waals surface area contributed by atoms with Gasteiger partial charge in [0, 0.05) is 13.1 Å². The van der Waals surface area contributed by atoms with Crippen LogP contribution in [-0.4, -0.2) is 41.4 Å². The molecule has 0 heterocycles. The second kappa shape index (κ2) is 9.33. The Hall–Kier alpha value is -0.900. The molecule has 94 valence electrons. The molecule has 0 aliphatic rings. The Balaban J connectivity index is 3.94. The number of ketones is 1. The second-order valence-electron chi connectivity index (χ2n) is 4.04. The monoisotopic (exact) mass is 229 g/mol. The van der Waals surface area contributed by atoms with E-state index in [9.17, 15) is 9.59 Å². The number of nitrogens with zero attached hydrogens (tertiary/aromatic N) is 1. The van der Waals surface area contributed by atoms with Crippen LogP contribution in [0.4, 0.5) is 0 Å². The van der Waals surface area contributed by atoms with Crippen LogP contribution < -0.4 is 0 Å².